The zero-order chi connectivity index (χ0) is 21.3. The van der Waals surface area contributed by atoms with Gasteiger partial charge in [-0.3, -0.25) is 14.5 Å². The average Bonchev–Trinajstić information content (AvgIpc) is 3.52. The Morgan fingerprint density at radius 2 is 1.80 bits per heavy atom. The van der Waals surface area contributed by atoms with Gasteiger partial charge in [-0.2, -0.15) is 0 Å². The average molecular weight is 426 g/mol. The molecular formula is C23H24FN3O2S. The molecule has 4 rings (SSSR count). The Bertz CT molecular complexity index is 957. The highest BCUT2D eigenvalue weighted by molar-refractivity contribution is 7.80. The lowest BCUT2D eigenvalue weighted by molar-refractivity contribution is -0.131. The predicted octanol–water partition coefficient (Wildman–Crippen LogP) is 3.67. The Kier molecular flexibility index (Phi) is 5.81. The van der Waals surface area contributed by atoms with Crippen LogP contribution in [-0.4, -0.2) is 45.4 Å². The summed E-state index contributed by atoms with van der Waals surface area (Å²) in [6.07, 6.45) is 2.54. The number of carbonyl (C=O) groups excluding carboxylic acids is 2. The number of thiocarbonyl (C=S) groups is 1. The Labute approximate surface area is 180 Å². The highest BCUT2D eigenvalue weighted by Crippen LogP contribution is 2.34. The van der Waals surface area contributed by atoms with Gasteiger partial charge in [-0.05, 0) is 68.2 Å². The number of nitrogens with one attached hydrogen (secondary N) is 1. The Hall–Kier alpha value is -2.80. The summed E-state index contributed by atoms with van der Waals surface area (Å²) in [5, 5.41) is 3.37. The van der Waals surface area contributed by atoms with E-state index in [-0.39, 0.29) is 30.1 Å². The standard InChI is InChI=1S/C23H24FN3O2S/c1-15-2-8-18(9-3-15)25-21(28)14-20-22(29)27(19-10-11-19)23(30)26(20)13-12-16-4-6-17(24)7-5-16/h2-9,19-20H,10-14H2,1H3,(H,25,28). The first-order chi connectivity index (χ1) is 14.4. The highest BCUT2D eigenvalue weighted by Gasteiger charge is 2.48. The molecule has 30 heavy (non-hydrogen) atoms. The number of hydrogen-bond donors (Lipinski definition) is 1. The molecule has 0 aromatic heterocycles. The van der Waals surface area contributed by atoms with E-state index in [2.05, 4.69) is 5.32 Å². The van der Waals surface area contributed by atoms with Crippen molar-refractivity contribution in [2.75, 3.05) is 11.9 Å². The molecule has 156 valence electrons. The number of anilines is 1. The molecule has 1 N–H and O–H groups in total. The molecule has 7 heteroatoms. The van der Waals surface area contributed by atoms with Crippen LogP contribution in [0, 0.1) is 12.7 Å². The number of carbonyl (C=O) groups is 2. The molecule has 2 aromatic carbocycles. The van der Waals surface area contributed by atoms with Crippen molar-refractivity contribution in [2.24, 2.45) is 0 Å². The first-order valence-corrected chi connectivity index (χ1v) is 10.6. The summed E-state index contributed by atoms with van der Waals surface area (Å²) in [4.78, 5) is 29.3. The van der Waals surface area contributed by atoms with E-state index >= 15 is 0 Å². The van der Waals surface area contributed by atoms with Crippen molar-refractivity contribution >= 4 is 34.8 Å². The van der Waals surface area contributed by atoms with Gasteiger partial charge in [-0.1, -0.05) is 29.8 Å². The Morgan fingerprint density at radius 1 is 1.13 bits per heavy atom. The third-order valence-electron chi connectivity index (χ3n) is 5.53. The lowest BCUT2D eigenvalue weighted by Crippen LogP contribution is -2.39. The maximum Gasteiger partial charge on any atom is 0.252 e. The van der Waals surface area contributed by atoms with E-state index in [1.54, 1.807) is 17.0 Å². The van der Waals surface area contributed by atoms with Crippen molar-refractivity contribution in [1.29, 1.82) is 0 Å². The number of halogens is 1. The Balaban J connectivity index is 1.46. The maximum absolute atomic E-state index is 13.2. The molecule has 1 atom stereocenters. The third kappa shape index (κ3) is 4.51. The lowest BCUT2D eigenvalue weighted by Gasteiger charge is -2.24. The van der Waals surface area contributed by atoms with Gasteiger partial charge in [0.25, 0.3) is 5.91 Å². The SMILES string of the molecule is Cc1ccc(NC(=O)CC2C(=O)N(C3CC3)C(=S)N2CCc2ccc(F)cc2)cc1. The van der Waals surface area contributed by atoms with Crippen molar-refractivity contribution in [3.63, 3.8) is 0 Å². The zero-order valence-electron chi connectivity index (χ0n) is 16.8. The van der Waals surface area contributed by atoms with Gasteiger partial charge < -0.3 is 10.2 Å². The summed E-state index contributed by atoms with van der Waals surface area (Å²) in [5.41, 5.74) is 2.77. The van der Waals surface area contributed by atoms with Crippen molar-refractivity contribution in [3.8, 4) is 0 Å². The number of hydrogen-bond acceptors (Lipinski definition) is 3. The predicted molar refractivity (Wildman–Crippen MR) is 117 cm³/mol. The first-order valence-electron chi connectivity index (χ1n) is 10.2. The summed E-state index contributed by atoms with van der Waals surface area (Å²) in [5.74, 6) is -0.596. The molecule has 1 saturated carbocycles. The van der Waals surface area contributed by atoms with Crippen LogP contribution in [0.1, 0.15) is 30.4 Å². The minimum absolute atomic E-state index is 0.0412. The fourth-order valence-corrected chi connectivity index (χ4v) is 4.16. The van der Waals surface area contributed by atoms with E-state index in [4.69, 9.17) is 12.2 Å². The quantitative estimate of drug-likeness (QED) is 0.688. The molecule has 0 radical (unpaired) electrons. The summed E-state index contributed by atoms with van der Waals surface area (Å²) in [6, 6.07) is 13.4. The van der Waals surface area contributed by atoms with Crippen molar-refractivity contribution < 1.29 is 14.0 Å². The Morgan fingerprint density at radius 3 is 2.43 bits per heavy atom. The highest BCUT2D eigenvalue weighted by atomic mass is 32.1. The van der Waals surface area contributed by atoms with Gasteiger partial charge >= 0.3 is 0 Å². The van der Waals surface area contributed by atoms with Crippen LogP contribution in [-0.2, 0) is 16.0 Å². The summed E-state index contributed by atoms with van der Waals surface area (Å²) >= 11 is 5.60. The largest absolute Gasteiger partial charge is 0.336 e. The molecule has 0 spiro atoms. The molecule has 2 amide bonds. The fraction of sp³-hybridized carbons (Fsp3) is 0.348. The summed E-state index contributed by atoms with van der Waals surface area (Å²) in [6.45, 7) is 2.48. The molecule has 0 bridgehead atoms. The van der Waals surface area contributed by atoms with Crippen molar-refractivity contribution in [2.45, 2.75) is 44.7 Å². The normalized spacial score (nSPS) is 18.8. The first kappa shape index (κ1) is 20.5. The van der Waals surface area contributed by atoms with Gasteiger partial charge in [0.15, 0.2) is 5.11 Å². The topological polar surface area (TPSA) is 52.7 Å². The molecule has 2 aromatic rings. The zero-order valence-corrected chi connectivity index (χ0v) is 17.6. The van der Waals surface area contributed by atoms with Gasteiger partial charge in [0, 0.05) is 18.3 Å². The van der Waals surface area contributed by atoms with Gasteiger partial charge in [-0.25, -0.2) is 4.39 Å². The van der Waals surface area contributed by atoms with Gasteiger partial charge in [0.2, 0.25) is 5.91 Å². The number of aryl methyl sites for hydroxylation is 1. The second-order valence-electron chi connectivity index (χ2n) is 7.93. The smallest absolute Gasteiger partial charge is 0.252 e. The van der Waals surface area contributed by atoms with Crippen LogP contribution < -0.4 is 5.32 Å². The van der Waals surface area contributed by atoms with Gasteiger partial charge in [0.05, 0.1) is 6.42 Å². The molecule has 1 unspecified atom stereocenters. The maximum atomic E-state index is 13.2. The van der Waals surface area contributed by atoms with Crippen LogP contribution in [0.15, 0.2) is 48.5 Å². The number of nitrogens with zero attached hydrogens (tertiary/aromatic N) is 2. The monoisotopic (exact) mass is 425 g/mol. The van der Waals surface area contributed by atoms with Crippen LogP contribution in [0.3, 0.4) is 0 Å². The molecule has 2 fully saturated rings. The number of benzene rings is 2. The van der Waals surface area contributed by atoms with Gasteiger partial charge in [-0.15, -0.1) is 0 Å². The van der Waals surface area contributed by atoms with E-state index < -0.39 is 6.04 Å². The number of rotatable bonds is 7. The minimum atomic E-state index is -0.607. The van der Waals surface area contributed by atoms with Crippen LogP contribution in [0.2, 0.25) is 0 Å². The molecular weight excluding hydrogens is 401 g/mol. The molecule has 1 heterocycles. The molecule has 1 saturated heterocycles. The van der Waals surface area contributed by atoms with E-state index in [9.17, 15) is 14.0 Å². The van der Waals surface area contributed by atoms with Crippen LogP contribution in [0.4, 0.5) is 10.1 Å². The van der Waals surface area contributed by atoms with Crippen molar-refractivity contribution in [1.82, 2.24) is 9.80 Å². The summed E-state index contributed by atoms with van der Waals surface area (Å²) in [7, 11) is 0. The third-order valence-corrected chi connectivity index (χ3v) is 5.96. The van der Waals surface area contributed by atoms with E-state index in [1.165, 1.54) is 12.1 Å². The van der Waals surface area contributed by atoms with E-state index in [0.717, 1.165) is 24.0 Å². The fourth-order valence-electron chi connectivity index (χ4n) is 3.70. The van der Waals surface area contributed by atoms with Crippen molar-refractivity contribution in [3.05, 3.63) is 65.5 Å². The van der Waals surface area contributed by atoms with E-state index in [0.29, 0.717) is 23.8 Å². The molecule has 1 aliphatic heterocycles. The number of amides is 2. The molecule has 5 nitrogen and oxygen atoms in total. The summed E-state index contributed by atoms with van der Waals surface area (Å²) < 4.78 is 13.2. The second-order valence-corrected chi connectivity index (χ2v) is 8.29. The molecule has 2 aliphatic rings. The van der Waals surface area contributed by atoms with Crippen LogP contribution >= 0.6 is 12.2 Å². The minimum Gasteiger partial charge on any atom is -0.336 e. The van der Waals surface area contributed by atoms with Crippen LogP contribution in [0.5, 0.6) is 0 Å². The lowest BCUT2D eigenvalue weighted by atomic mass is 10.1. The van der Waals surface area contributed by atoms with Gasteiger partial charge in [0.1, 0.15) is 11.9 Å². The second kappa shape index (κ2) is 8.52. The molecule has 1 aliphatic carbocycles. The van der Waals surface area contributed by atoms with E-state index in [1.807, 2.05) is 36.1 Å². The van der Waals surface area contributed by atoms with Crippen LogP contribution in [0.25, 0.3) is 0 Å².